The molecule has 1 aromatic rings. The zero-order valence-corrected chi connectivity index (χ0v) is 14.4. The van der Waals surface area contributed by atoms with E-state index in [0.29, 0.717) is 51.1 Å². The maximum Gasteiger partial charge on any atom is 0.253 e. The first-order chi connectivity index (χ1) is 11.5. The molecule has 0 aliphatic carbocycles. The lowest BCUT2D eigenvalue weighted by molar-refractivity contribution is -0.143. The van der Waals surface area contributed by atoms with Crippen molar-refractivity contribution in [2.45, 2.75) is 26.7 Å². The number of benzene rings is 1. The Morgan fingerprint density at radius 2 is 1.54 bits per heavy atom. The molecule has 0 saturated carbocycles. The highest BCUT2D eigenvalue weighted by molar-refractivity contribution is 5.94. The van der Waals surface area contributed by atoms with Gasteiger partial charge in [0, 0.05) is 38.3 Å². The standard InChI is InChI=1S/C18H26FN3O2/c1-3-18(4-2,13-20)17(24)22-11-9-21(10-12-22)16(23)14-5-7-15(19)8-6-14/h5-8H,3-4,9-13,20H2,1-2H3. The fourth-order valence-electron chi connectivity index (χ4n) is 3.15. The zero-order valence-electron chi connectivity index (χ0n) is 14.4. The molecule has 2 amide bonds. The Morgan fingerprint density at radius 1 is 1.04 bits per heavy atom. The number of rotatable bonds is 5. The van der Waals surface area contributed by atoms with E-state index in [1.807, 2.05) is 18.7 Å². The second kappa shape index (κ2) is 7.75. The predicted octanol–water partition coefficient (Wildman–Crippen LogP) is 1.88. The minimum atomic E-state index is -0.497. The van der Waals surface area contributed by atoms with E-state index in [-0.39, 0.29) is 17.6 Å². The maximum atomic E-state index is 13.0. The van der Waals surface area contributed by atoms with Crippen LogP contribution in [0.2, 0.25) is 0 Å². The molecule has 0 unspecified atom stereocenters. The topological polar surface area (TPSA) is 66.6 Å². The van der Waals surface area contributed by atoms with Crippen molar-refractivity contribution in [1.29, 1.82) is 0 Å². The molecule has 1 heterocycles. The molecule has 1 aliphatic heterocycles. The van der Waals surface area contributed by atoms with Crippen LogP contribution in [0.15, 0.2) is 24.3 Å². The summed E-state index contributed by atoms with van der Waals surface area (Å²) in [5.41, 5.74) is 5.83. The number of carbonyl (C=O) groups is 2. The summed E-state index contributed by atoms with van der Waals surface area (Å²) in [6.45, 7) is 6.30. The van der Waals surface area contributed by atoms with Crippen LogP contribution in [-0.4, -0.2) is 54.3 Å². The molecule has 0 atom stereocenters. The third-order valence-electron chi connectivity index (χ3n) is 5.14. The molecule has 132 valence electrons. The molecule has 0 spiro atoms. The molecular formula is C18H26FN3O2. The quantitative estimate of drug-likeness (QED) is 0.893. The van der Waals surface area contributed by atoms with Gasteiger partial charge in [0.05, 0.1) is 5.41 Å². The highest BCUT2D eigenvalue weighted by Gasteiger charge is 2.38. The van der Waals surface area contributed by atoms with Gasteiger partial charge in [-0.2, -0.15) is 0 Å². The lowest BCUT2D eigenvalue weighted by atomic mass is 9.81. The molecular weight excluding hydrogens is 309 g/mol. The SMILES string of the molecule is CCC(CC)(CN)C(=O)N1CCN(C(=O)c2ccc(F)cc2)CC1. The fraction of sp³-hybridized carbons (Fsp3) is 0.556. The van der Waals surface area contributed by atoms with E-state index in [2.05, 4.69) is 0 Å². The van der Waals surface area contributed by atoms with Crippen LogP contribution in [-0.2, 0) is 4.79 Å². The molecule has 1 aromatic carbocycles. The highest BCUT2D eigenvalue weighted by Crippen LogP contribution is 2.28. The van der Waals surface area contributed by atoms with Crippen molar-refractivity contribution >= 4 is 11.8 Å². The van der Waals surface area contributed by atoms with Gasteiger partial charge in [-0.05, 0) is 37.1 Å². The predicted molar refractivity (Wildman–Crippen MR) is 91.0 cm³/mol. The highest BCUT2D eigenvalue weighted by atomic mass is 19.1. The Kier molecular flexibility index (Phi) is 5.94. The van der Waals surface area contributed by atoms with Crippen LogP contribution in [0.5, 0.6) is 0 Å². The summed E-state index contributed by atoms with van der Waals surface area (Å²) in [4.78, 5) is 28.8. The first-order valence-electron chi connectivity index (χ1n) is 8.51. The van der Waals surface area contributed by atoms with Gasteiger partial charge in [-0.25, -0.2) is 4.39 Å². The smallest absolute Gasteiger partial charge is 0.253 e. The van der Waals surface area contributed by atoms with Crippen LogP contribution in [0.25, 0.3) is 0 Å². The Labute approximate surface area is 142 Å². The number of amides is 2. The molecule has 2 rings (SSSR count). The van der Waals surface area contributed by atoms with Gasteiger partial charge in [0.15, 0.2) is 0 Å². The lowest BCUT2D eigenvalue weighted by Crippen LogP contribution is -2.55. The van der Waals surface area contributed by atoms with E-state index in [1.165, 1.54) is 24.3 Å². The van der Waals surface area contributed by atoms with Crippen LogP contribution in [0.1, 0.15) is 37.0 Å². The van der Waals surface area contributed by atoms with Crippen molar-refractivity contribution in [2.24, 2.45) is 11.1 Å². The first kappa shape index (κ1) is 18.4. The molecule has 24 heavy (non-hydrogen) atoms. The van der Waals surface area contributed by atoms with E-state index in [4.69, 9.17) is 5.73 Å². The molecule has 0 bridgehead atoms. The summed E-state index contributed by atoms with van der Waals surface area (Å²) < 4.78 is 13.0. The fourth-order valence-corrected chi connectivity index (χ4v) is 3.15. The Hall–Kier alpha value is -1.95. The Morgan fingerprint density at radius 3 is 2.00 bits per heavy atom. The largest absolute Gasteiger partial charge is 0.339 e. The minimum Gasteiger partial charge on any atom is -0.339 e. The Balaban J connectivity index is 1.99. The minimum absolute atomic E-state index is 0.0869. The van der Waals surface area contributed by atoms with Crippen molar-refractivity contribution in [3.8, 4) is 0 Å². The number of carbonyl (C=O) groups excluding carboxylic acids is 2. The average Bonchev–Trinajstić information content (AvgIpc) is 2.63. The molecule has 0 aromatic heterocycles. The summed E-state index contributed by atoms with van der Waals surface area (Å²) in [5.74, 6) is -0.402. The summed E-state index contributed by atoms with van der Waals surface area (Å²) in [7, 11) is 0. The molecule has 6 heteroatoms. The first-order valence-corrected chi connectivity index (χ1v) is 8.51. The normalized spacial score (nSPS) is 15.5. The number of halogens is 1. The number of piperazine rings is 1. The van der Waals surface area contributed by atoms with Gasteiger partial charge in [0.2, 0.25) is 5.91 Å². The van der Waals surface area contributed by atoms with Gasteiger partial charge in [-0.3, -0.25) is 9.59 Å². The lowest BCUT2D eigenvalue weighted by Gasteiger charge is -2.40. The van der Waals surface area contributed by atoms with Gasteiger partial charge in [-0.15, -0.1) is 0 Å². The summed E-state index contributed by atoms with van der Waals surface area (Å²) in [6, 6.07) is 5.54. The van der Waals surface area contributed by atoms with Crippen LogP contribution in [0.4, 0.5) is 4.39 Å². The van der Waals surface area contributed by atoms with E-state index in [0.717, 1.165) is 0 Å². The average molecular weight is 335 g/mol. The summed E-state index contributed by atoms with van der Waals surface area (Å²) in [6.07, 6.45) is 1.43. The van der Waals surface area contributed by atoms with Crippen LogP contribution in [0, 0.1) is 11.2 Å². The number of hydrogen-bond donors (Lipinski definition) is 1. The number of nitrogens with zero attached hydrogens (tertiary/aromatic N) is 2. The van der Waals surface area contributed by atoms with Crippen LogP contribution in [0.3, 0.4) is 0 Å². The van der Waals surface area contributed by atoms with Gasteiger partial charge >= 0.3 is 0 Å². The molecule has 2 N–H and O–H groups in total. The third kappa shape index (κ3) is 3.59. The zero-order chi connectivity index (χ0) is 17.7. The van der Waals surface area contributed by atoms with E-state index < -0.39 is 5.41 Å². The Bertz CT molecular complexity index is 568. The van der Waals surface area contributed by atoms with Crippen molar-refractivity contribution in [3.63, 3.8) is 0 Å². The molecule has 1 fully saturated rings. The summed E-state index contributed by atoms with van der Waals surface area (Å²) in [5, 5.41) is 0. The molecule has 1 saturated heterocycles. The molecule has 1 aliphatic rings. The summed E-state index contributed by atoms with van der Waals surface area (Å²) >= 11 is 0. The second-order valence-electron chi connectivity index (χ2n) is 6.28. The monoisotopic (exact) mass is 335 g/mol. The third-order valence-corrected chi connectivity index (χ3v) is 5.14. The molecule has 5 nitrogen and oxygen atoms in total. The van der Waals surface area contributed by atoms with E-state index >= 15 is 0 Å². The van der Waals surface area contributed by atoms with Crippen LogP contribution >= 0.6 is 0 Å². The van der Waals surface area contributed by atoms with E-state index in [1.54, 1.807) is 4.90 Å². The number of hydrogen-bond acceptors (Lipinski definition) is 3. The number of nitrogens with two attached hydrogens (primary N) is 1. The van der Waals surface area contributed by atoms with Gasteiger partial charge in [0.1, 0.15) is 5.82 Å². The maximum absolute atomic E-state index is 13.0. The van der Waals surface area contributed by atoms with Crippen molar-refractivity contribution in [1.82, 2.24) is 9.80 Å². The van der Waals surface area contributed by atoms with E-state index in [9.17, 15) is 14.0 Å². The van der Waals surface area contributed by atoms with Crippen molar-refractivity contribution in [3.05, 3.63) is 35.6 Å². The second-order valence-corrected chi connectivity index (χ2v) is 6.28. The van der Waals surface area contributed by atoms with Crippen LogP contribution < -0.4 is 5.73 Å². The van der Waals surface area contributed by atoms with Gasteiger partial charge in [0.25, 0.3) is 5.91 Å². The van der Waals surface area contributed by atoms with Gasteiger partial charge < -0.3 is 15.5 Å². The van der Waals surface area contributed by atoms with Crippen molar-refractivity contribution in [2.75, 3.05) is 32.7 Å². The van der Waals surface area contributed by atoms with Crippen molar-refractivity contribution < 1.29 is 14.0 Å². The van der Waals surface area contributed by atoms with Gasteiger partial charge in [-0.1, -0.05) is 13.8 Å². The molecule has 0 radical (unpaired) electrons.